The van der Waals surface area contributed by atoms with E-state index in [1.807, 2.05) is 25.1 Å². The Morgan fingerprint density at radius 2 is 1.75 bits per heavy atom. The second kappa shape index (κ2) is 8.27. The fourth-order valence-electron chi connectivity index (χ4n) is 2.89. The minimum atomic E-state index is 0.429. The van der Waals surface area contributed by atoms with Crippen LogP contribution in [0.1, 0.15) is 11.1 Å². The van der Waals surface area contributed by atoms with Crippen LogP contribution in [0.4, 0.5) is 11.6 Å². The van der Waals surface area contributed by atoms with E-state index in [-0.39, 0.29) is 0 Å². The van der Waals surface area contributed by atoms with E-state index in [0.29, 0.717) is 34.5 Å². The first-order chi connectivity index (χ1) is 13.6. The van der Waals surface area contributed by atoms with Crippen LogP contribution in [0.15, 0.2) is 42.6 Å². The third kappa shape index (κ3) is 3.81. The summed E-state index contributed by atoms with van der Waals surface area (Å²) in [6, 6.07) is 13.0. The summed E-state index contributed by atoms with van der Waals surface area (Å²) in [4.78, 5) is 8.83. The second-order valence-electron chi connectivity index (χ2n) is 5.95. The molecule has 0 aliphatic carbocycles. The Morgan fingerprint density at radius 1 is 0.964 bits per heavy atom. The summed E-state index contributed by atoms with van der Waals surface area (Å²) >= 11 is 0. The molecule has 7 heteroatoms. The number of nitriles is 1. The summed E-state index contributed by atoms with van der Waals surface area (Å²) in [5.74, 6) is 2.26. The number of benzene rings is 2. The van der Waals surface area contributed by atoms with E-state index in [2.05, 4.69) is 21.4 Å². The maximum absolute atomic E-state index is 9.29. The first-order valence-corrected chi connectivity index (χ1v) is 8.50. The van der Waals surface area contributed by atoms with Crippen LogP contribution in [0.2, 0.25) is 0 Å². The lowest BCUT2D eigenvalue weighted by Crippen LogP contribution is -2.00. The van der Waals surface area contributed by atoms with Crippen molar-refractivity contribution in [1.29, 1.82) is 5.26 Å². The molecule has 3 aromatic rings. The average molecular weight is 376 g/mol. The number of hydrogen-bond donors (Lipinski definition) is 1. The minimum Gasteiger partial charge on any atom is -0.495 e. The quantitative estimate of drug-likeness (QED) is 0.693. The molecule has 1 heterocycles. The van der Waals surface area contributed by atoms with Gasteiger partial charge in [0.2, 0.25) is 5.95 Å². The fourth-order valence-corrected chi connectivity index (χ4v) is 2.89. The van der Waals surface area contributed by atoms with Gasteiger partial charge in [0.05, 0.1) is 32.6 Å². The topological polar surface area (TPSA) is 89.3 Å². The monoisotopic (exact) mass is 376 g/mol. The number of hydrogen-bond acceptors (Lipinski definition) is 7. The second-order valence-corrected chi connectivity index (χ2v) is 5.95. The van der Waals surface area contributed by atoms with Crippen LogP contribution in [0, 0.1) is 18.3 Å². The number of aromatic nitrogens is 2. The van der Waals surface area contributed by atoms with Gasteiger partial charge in [-0.1, -0.05) is 0 Å². The van der Waals surface area contributed by atoms with Crippen LogP contribution < -0.4 is 19.5 Å². The van der Waals surface area contributed by atoms with Crippen molar-refractivity contribution in [2.75, 3.05) is 26.6 Å². The van der Waals surface area contributed by atoms with E-state index in [1.165, 1.54) is 7.11 Å². The highest BCUT2D eigenvalue weighted by atomic mass is 16.5. The third-order valence-corrected chi connectivity index (χ3v) is 4.19. The van der Waals surface area contributed by atoms with Gasteiger partial charge in [0.1, 0.15) is 11.8 Å². The molecule has 0 radical (unpaired) electrons. The maximum Gasteiger partial charge on any atom is 0.227 e. The summed E-state index contributed by atoms with van der Waals surface area (Å²) in [6.45, 7) is 1.94. The summed E-state index contributed by atoms with van der Waals surface area (Å²) in [5, 5.41) is 12.5. The van der Waals surface area contributed by atoms with Gasteiger partial charge >= 0.3 is 0 Å². The smallest absolute Gasteiger partial charge is 0.227 e. The largest absolute Gasteiger partial charge is 0.495 e. The zero-order valence-electron chi connectivity index (χ0n) is 16.1. The third-order valence-electron chi connectivity index (χ3n) is 4.19. The van der Waals surface area contributed by atoms with Crippen LogP contribution in [0.3, 0.4) is 0 Å². The van der Waals surface area contributed by atoms with Crippen molar-refractivity contribution in [2.24, 2.45) is 0 Å². The Bertz CT molecular complexity index is 1040. The van der Waals surface area contributed by atoms with Gasteiger partial charge < -0.3 is 19.5 Å². The molecule has 0 bridgehead atoms. The fraction of sp³-hybridized carbons (Fsp3) is 0.190. The van der Waals surface area contributed by atoms with Crippen molar-refractivity contribution in [2.45, 2.75) is 6.92 Å². The molecule has 7 nitrogen and oxygen atoms in total. The molecule has 0 atom stereocenters. The van der Waals surface area contributed by atoms with Gasteiger partial charge in [-0.3, -0.25) is 0 Å². The molecular weight excluding hydrogens is 356 g/mol. The van der Waals surface area contributed by atoms with Gasteiger partial charge in [0.25, 0.3) is 0 Å². The highest BCUT2D eigenvalue weighted by Crippen LogP contribution is 2.35. The van der Waals surface area contributed by atoms with Crippen LogP contribution in [0.25, 0.3) is 11.3 Å². The number of ether oxygens (including phenoxy) is 3. The zero-order chi connectivity index (χ0) is 20.1. The number of methoxy groups -OCH3 is 3. The standard InChI is InChI=1S/C21H20N4O3/c1-13-9-16(11-19(27-3)20(13)28-4)24-21-23-8-7-17(25-21)14-5-6-18(26-2)15(10-14)12-22/h5-11H,1-4H3,(H,23,24,25). The number of anilines is 2. The lowest BCUT2D eigenvalue weighted by atomic mass is 10.1. The van der Waals surface area contributed by atoms with Crippen molar-refractivity contribution in [3.63, 3.8) is 0 Å². The molecule has 1 N–H and O–H groups in total. The molecule has 0 aliphatic heterocycles. The molecule has 1 aromatic heterocycles. The Kier molecular flexibility index (Phi) is 5.61. The van der Waals surface area contributed by atoms with Crippen LogP contribution in [-0.2, 0) is 0 Å². The van der Waals surface area contributed by atoms with Crippen molar-refractivity contribution in [3.05, 3.63) is 53.7 Å². The van der Waals surface area contributed by atoms with Crippen molar-refractivity contribution in [1.82, 2.24) is 9.97 Å². The van der Waals surface area contributed by atoms with Crippen molar-refractivity contribution >= 4 is 11.6 Å². The number of nitrogens with one attached hydrogen (secondary N) is 1. The first kappa shape index (κ1) is 19.0. The van der Waals surface area contributed by atoms with E-state index < -0.39 is 0 Å². The highest BCUT2D eigenvalue weighted by Gasteiger charge is 2.11. The van der Waals surface area contributed by atoms with E-state index >= 15 is 0 Å². The SMILES string of the molecule is COc1ccc(-c2ccnc(Nc3cc(C)c(OC)c(OC)c3)n2)cc1C#N. The van der Waals surface area contributed by atoms with Gasteiger partial charge in [-0.25, -0.2) is 9.97 Å². The molecule has 0 fully saturated rings. The molecule has 0 spiro atoms. The summed E-state index contributed by atoms with van der Waals surface area (Å²) in [6.07, 6.45) is 1.66. The molecule has 142 valence electrons. The Hall–Kier alpha value is -3.79. The molecular formula is C21H20N4O3. The number of aryl methyl sites for hydroxylation is 1. The number of nitrogens with zero attached hydrogens (tertiary/aromatic N) is 3. The average Bonchev–Trinajstić information content (AvgIpc) is 2.72. The highest BCUT2D eigenvalue weighted by molar-refractivity contribution is 5.67. The molecule has 0 saturated carbocycles. The molecule has 0 saturated heterocycles. The number of rotatable bonds is 6. The maximum atomic E-state index is 9.29. The lowest BCUT2D eigenvalue weighted by molar-refractivity contribution is 0.353. The van der Waals surface area contributed by atoms with Gasteiger partial charge in [-0.15, -0.1) is 0 Å². The Labute approximate surface area is 163 Å². The van der Waals surface area contributed by atoms with Gasteiger partial charge in [0.15, 0.2) is 11.5 Å². The molecule has 28 heavy (non-hydrogen) atoms. The predicted octanol–water partition coefficient (Wildman–Crippen LogP) is 4.09. The zero-order valence-corrected chi connectivity index (χ0v) is 16.1. The van der Waals surface area contributed by atoms with E-state index in [4.69, 9.17) is 14.2 Å². The Morgan fingerprint density at radius 3 is 2.43 bits per heavy atom. The molecule has 0 unspecified atom stereocenters. The van der Waals surface area contributed by atoms with Gasteiger partial charge in [0, 0.05) is 23.5 Å². The van der Waals surface area contributed by atoms with Crippen molar-refractivity contribution in [3.8, 4) is 34.6 Å². The van der Waals surface area contributed by atoms with Crippen LogP contribution >= 0.6 is 0 Å². The summed E-state index contributed by atoms with van der Waals surface area (Å²) in [5.41, 5.74) is 3.64. The van der Waals surface area contributed by atoms with E-state index in [0.717, 1.165) is 16.8 Å². The van der Waals surface area contributed by atoms with Crippen LogP contribution in [0.5, 0.6) is 17.2 Å². The molecule has 2 aromatic carbocycles. The first-order valence-electron chi connectivity index (χ1n) is 8.50. The van der Waals surface area contributed by atoms with Crippen LogP contribution in [-0.4, -0.2) is 31.3 Å². The lowest BCUT2D eigenvalue weighted by Gasteiger charge is -2.14. The normalized spacial score (nSPS) is 10.1. The minimum absolute atomic E-state index is 0.429. The van der Waals surface area contributed by atoms with E-state index in [1.54, 1.807) is 38.6 Å². The summed E-state index contributed by atoms with van der Waals surface area (Å²) < 4.78 is 15.9. The molecule has 0 aliphatic rings. The van der Waals surface area contributed by atoms with Gasteiger partial charge in [-0.05, 0) is 42.8 Å². The Balaban J connectivity index is 1.93. The molecule has 3 rings (SSSR count). The van der Waals surface area contributed by atoms with Gasteiger partial charge in [-0.2, -0.15) is 5.26 Å². The molecule has 0 amide bonds. The summed E-state index contributed by atoms with van der Waals surface area (Å²) in [7, 11) is 4.73. The van der Waals surface area contributed by atoms with Crippen molar-refractivity contribution < 1.29 is 14.2 Å². The van der Waals surface area contributed by atoms with E-state index in [9.17, 15) is 5.26 Å². The predicted molar refractivity (Wildman–Crippen MR) is 106 cm³/mol.